The molecule has 2 heterocycles. The van der Waals surface area contributed by atoms with E-state index in [4.69, 9.17) is 4.74 Å². The number of hydrogen-bond acceptors (Lipinski definition) is 7. The van der Waals surface area contributed by atoms with Crippen molar-refractivity contribution in [3.05, 3.63) is 39.4 Å². The van der Waals surface area contributed by atoms with Gasteiger partial charge in [-0.15, -0.1) is 23.1 Å². The van der Waals surface area contributed by atoms with E-state index in [2.05, 4.69) is 37.1 Å². The van der Waals surface area contributed by atoms with Gasteiger partial charge in [0.2, 0.25) is 5.91 Å². The lowest BCUT2D eigenvalue weighted by molar-refractivity contribution is -0.115. The number of nitrogens with zero attached hydrogens (tertiary/aromatic N) is 2. The molecular weight excluding hydrogens is 442 g/mol. The van der Waals surface area contributed by atoms with Gasteiger partial charge in [-0.25, -0.2) is 9.78 Å². The van der Waals surface area contributed by atoms with Crippen molar-refractivity contribution in [2.45, 2.75) is 57.9 Å². The maximum absolute atomic E-state index is 12.7. The van der Waals surface area contributed by atoms with Crippen molar-refractivity contribution >= 4 is 40.0 Å². The number of pyridine rings is 1. The molecule has 1 N–H and O–H groups in total. The minimum atomic E-state index is -0.397. The molecule has 1 aliphatic carbocycles. The number of aromatic nitrogens is 1. The van der Waals surface area contributed by atoms with E-state index >= 15 is 0 Å². The van der Waals surface area contributed by atoms with Gasteiger partial charge in [0.15, 0.2) is 0 Å². The molecule has 3 rings (SSSR count). The Morgan fingerprint density at radius 3 is 2.88 bits per heavy atom. The Balaban J connectivity index is 1.66. The van der Waals surface area contributed by atoms with Gasteiger partial charge in [-0.05, 0) is 55.2 Å². The highest BCUT2D eigenvalue weighted by Gasteiger charge is 2.28. The first-order chi connectivity index (χ1) is 15.3. The second-order valence-corrected chi connectivity index (χ2v) is 10.7. The number of hydrogen-bond donors (Lipinski definition) is 1. The third-order valence-corrected chi connectivity index (χ3v) is 7.54. The van der Waals surface area contributed by atoms with Crippen LogP contribution in [0.25, 0.3) is 0 Å². The summed E-state index contributed by atoms with van der Waals surface area (Å²) in [6.45, 7) is 6.46. The lowest BCUT2D eigenvalue weighted by Gasteiger charge is -2.18. The first-order valence-electron chi connectivity index (χ1n) is 10.9. The zero-order chi connectivity index (χ0) is 23.3. The van der Waals surface area contributed by atoms with Crippen LogP contribution in [0.2, 0.25) is 0 Å². The zero-order valence-electron chi connectivity index (χ0n) is 19.0. The Bertz CT molecular complexity index is 1040. The summed E-state index contributed by atoms with van der Waals surface area (Å²) in [5.41, 5.74) is 3.01. The summed E-state index contributed by atoms with van der Waals surface area (Å²) in [5, 5.41) is 13.5. The molecule has 0 radical (unpaired) electrons. The van der Waals surface area contributed by atoms with Crippen LogP contribution in [0, 0.1) is 23.2 Å². The molecule has 0 aromatic carbocycles. The van der Waals surface area contributed by atoms with Crippen LogP contribution in [0.5, 0.6) is 0 Å². The molecule has 1 aliphatic rings. The van der Waals surface area contributed by atoms with Crippen molar-refractivity contribution in [1.29, 1.82) is 5.26 Å². The predicted molar refractivity (Wildman–Crippen MR) is 128 cm³/mol. The number of esters is 1. The number of rotatable bonds is 8. The third-order valence-electron chi connectivity index (χ3n) is 5.38. The van der Waals surface area contributed by atoms with Crippen molar-refractivity contribution in [3.8, 4) is 6.07 Å². The van der Waals surface area contributed by atoms with Gasteiger partial charge in [0.25, 0.3) is 0 Å². The highest BCUT2D eigenvalue weighted by atomic mass is 32.2. The standard InChI is InChI=1S/C24H29N3O3S2/c1-14(2)11-17-7-6-16(13-25)22(26-17)31-10-9-20(28)27-23-21(24(29)30-4)18-8-5-15(3)12-19(18)32-23/h6-7,14-15H,5,8-12H2,1-4H3,(H,27,28). The number of nitriles is 1. The fraction of sp³-hybridized carbons (Fsp3) is 0.500. The summed E-state index contributed by atoms with van der Waals surface area (Å²) in [4.78, 5) is 30.8. The van der Waals surface area contributed by atoms with Crippen molar-refractivity contribution < 1.29 is 14.3 Å². The molecule has 0 bridgehead atoms. The fourth-order valence-electron chi connectivity index (χ4n) is 3.79. The van der Waals surface area contributed by atoms with Gasteiger partial charge < -0.3 is 10.1 Å². The van der Waals surface area contributed by atoms with Crippen molar-refractivity contribution in [3.63, 3.8) is 0 Å². The number of thioether (sulfide) groups is 1. The molecule has 1 unspecified atom stereocenters. The minimum Gasteiger partial charge on any atom is -0.465 e. The molecule has 0 aliphatic heterocycles. The van der Waals surface area contributed by atoms with Crippen molar-refractivity contribution in [2.75, 3.05) is 18.2 Å². The molecule has 1 amide bonds. The molecule has 0 saturated carbocycles. The van der Waals surface area contributed by atoms with E-state index in [1.54, 1.807) is 6.07 Å². The molecule has 6 nitrogen and oxygen atoms in total. The quantitative estimate of drug-likeness (QED) is 0.418. The first kappa shape index (κ1) is 24.3. The van der Waals surface area contributed by atoms with Gasteiger partial charge in [-0.3, -0.25) is 4.79 Å². The van der Waals surface area contributed by atoms with E-state index in [0.29, 0.717) is 38.7 Å². The molecule has 1 atom stereocenters. The molecule has 2 aromatic heterocycles. The van der Waals surface area contributed by atoms with Crippen LogP contribution < -0.4 is 5.32 Å². The Morgan fingerprint density at radius 1 is 1.41 bits per heavy atom. The first-order valence-corrected chi connectivity index (χ1v) is 12.7. The highest BCUT2D eigenvalue weighted by molar-refractivity contribution is 7.99. The van der Waals surface area contributed by atoms with E-state index in [9.17, 15) is 14.9 Å². The minimum absolute atomic E-state index is 0.161. The molecule has 0 spiro atoms. The molecule has 2 aromatic rings. The number of ether oxygens (including phenoxy) is 1. The second kappa shape index (κ2) is 11.0. The van der Waals surface area contributed by atoms with Gasteiger partial charge in [-0.1, -0.05) is 20.8 Å². The summed E-state index contributed by atoms with van der Waals surface area (Å²) in [7, 11) is 1.37. The van der Waals surface area contributed by atoms with E-state index < -0.39 is 5.97 Å². The van der Waals surface area contributed by atoms with Gasteiger partial charge in [0.1, 0.15) is 16.1 Å². The molecule has 170 valence electrons. The van der Waals surface area contributed by atoms with Crippen molar-refractivity contribution in [2.24, 2.45) is 11.8 Å². The average molecular weight is 472 g/mol. The molecule has 32 heavy (non-hydrogen) atoms. The molecule has 0 fully saturated rings. The maximum atomic E-state index is 12.7. The summed E-state index contributed by atoms with van der Waals surface area (Å²) >= 11 is 2.90. The Labute approximate surface area is 197 Å². The van der Waals surface area contributed by atoms with Crippen LogP contribution in [0.3, 0.4) is 0 Å². The number of fused-ring (bicyclic) bond motifs is 1. The third kappa shape index (κ3) is 5.90. The normalized spacial score (nSPS) is 15.2. The molecule has 0 saturated heterocycles. The smallest absolute Gasteiger partial charge is 0.341 e. The monoisotopic (exact) mass is 471 g/mol. The van der Waals surface area contributed by atoms with Crippen LogP contribution in [-0.2, 0) is 28.8 Å². The Kier molecular flexibility index (Phi) is 8.32. The fourth-order valence-corrected chi connectivity index (χ4v) is 6.14. The number of carbonyl (C=O) groups excluding carboxylic acids is 2. The number of anilines is 1. The predicted octanol–water partition coefficient (Wildman–Crippen LogP) is 5.25. The lowest BCUT2D eigenvalue weighted by atomic mass is 9.88. The lowest BCUT2D eigenvalue weighted by Crippen LogP contribution is -2.16. The van der Waals surface area contributed by atoms with E-state index in [1.807, 2.05) is 6.07 Å². The van der Waals surface area contributed by atoms with Crippen LogP contribution in [0.4, 0.5) is 5.00 Å². The topological polar surface area (TPSA) is 92.1 Å². The number of thiophene rings is 1. The summed E-state index contributed by atoms with van der Waals surface area (Å²) < 4.78 is 4.99. The van der Waals surface area contributed by atoms with Gasteiger partial charge in [0, 0.05) is 22.7 Å². The summed E-state index contributed by atoms with van der Waals surface area (Å²) in [5.74, 6) is 0.981. The van der Waals surface area contributed by atoms with Crippen LogP contribution in [-0.4, -0.2) is 29.7 Å². The summed E-state index contributed by atoms with van der Waals surface area (Å²) in [6.07, 6.45) is 3.88. The molecule has 8 heteroatoms. The van der Waals surface area contributed by atoms with E-state index in [1.165, 1.54) is 35.1 Å². The van der Waals surface area contributed by atoms with Crippen molar-refractivity contribution in [1.82, 2.24) is 4.98 Å². The van der Waals surface area contributed by atoms with Gasteiger partial charge in [0.05, 0.1) is 18.2 Å². The number of carbonyl (C=O) groups is 2. The van der Waals surface area contributed by atoms with Crippen LogP contribution in [0.1, 0.15) is 65.7 Å². The summed E-state index contributed by atoms with van der Waals surface area (Å²) in [6, 6.07) is 5.87. The SMILES string of the molecule is COC(=O)c1c(NC(=O)CCSc2nc(CC(C)C)ccc2C#N)sc2c1CCC(C)C2. The van der Waals surface area contributed by atoms with Gasteiger partial charge >= 0.3 is 5.97 Å². The van der Waals surface area contributed by atoms with E-state index in [0.717, 1.165) is 36.9 Å². The van der Waals surface area contributed by atoms with Crippen LogP contribution >= 0.6 is 23.1 Å². The Morgan fingerprint density at radius 2 is 2.19 bits per heavy atom. The molecular formula is C24H29N3O3S2. The maximum Gasteiger partial charge on any atom is 0.341 e. The van der Waals surface area contributed by atoms with Gasteiger partial charge in [-0.2, -0.15) is 5.26 Å². The average Bonchev–Trinajstić information content (AvgIpc) is 3.09. The largest absolute Gasteiger partial charge is 0.465 e. The zero-order valence-corrected chi connectivity index (χ0v) is 20.6. The second-order valence-electron chi connectivity index (χ2n) is 8.56. The van der Waals surface area contributed by atoms with E-state index in [-0.39, 0.29) is 12.3 Å². The number of amides is 1. The Hall–Kier alpha value is -2.37. The highest BCUT2D eigenvalue weighted by Crippen LogP contribution is 2.40. The van der Waals surface area contributed by atoms with Crippen LogP contribution in [0.15, 0.2) is 17.2 Å². The number of nitrogens with one attached hydrogen (secondary N) is 1. The number of methoxy groups -OCH3 is 1.